The van der Waals surface area contributed by atoms with E-state index in [1.165, 1.54) is 6.92 Å². The third-order valence-electron chi connectivity index (χ3n) is 2.04. The lowest BCUT2D eigenvalue weighted by Gasteiger charge is -2.01. The maximum absolute atomic E-state index is 10.8. The van der Waals surface area contributed by atoms with Crippen LogP contribution < -0.4 is 10.1 Å². The fourth-order valence-electron chi connectivity index (χ4n) is 1.18. The van der Waals surface area contributed by atoms with E-state index in [-0.39, 0.29) is 12.5 Å². The van der Waals surface area contributed by atoms with Crippen molar-refractivity contribution in [3.8, 4) is 17.6 Å². The molecule has 4 nitrogen and oxygen atoms in total. The zero-order chi connectivity index (χ0) is 12.7. The van der Waals surface area contributed by atoms with Gasteiger partial charge in [0.1, 0.15) is 5.75 Å². The number of benzene rings is 1. The van der Waals surface area contributed by atoms with Crippen molar-refractivity contribution >= 4 is 12.2 Å². The largest absolute Gasteiger partial charge is 0.497 e. The highest BCUT2D eigenvalue weighted by Gasteiger charge is 2.00. The molecule has 1 aromatic rings. The highest BCUT2D eigenvalue weighted by molar-refractivity contribution is 5.80. The lowest BCUT2D eigenvalue weighted by molar-refractivity contribution is -0.118. The first-order valence-electron chi connectivity index (χ1n) is 5.04. The molecule has 0 spiro atoms. The van der Waals surface area contributed by atoms with Gasteiger partial charge in [-0.1, -0.05) is 11.8 Å². The smallest absolute Gasteiger partial charge is 0.217 e. The van der Waals surface area contributed by atoms with Crippen molar-refractivity contribution in [1.82, 2.24) is 5.32 Å². The van der Waals surface area contributed by atoms with Gasteiger partial charge in [-0.2, -0.15) is 0 Å². The van der Waals surface area contributed by atoms with Gasteiger partial charge in [-0.25, -0.2) is 0 Å². The fraction of sp³-hybridized carbons (Fsp3) is 0.231. The second-order valence-corrected chi connectivity index (χ2v) is 3.28. The van der Waals surface area contributed by atoms with Crippen LogP contribution in [-0.2, 0) is 4.79 Å². The number of ether oxygens (including phenoxy) is 1. The molecule has 0 aliphatic carbocycles. The summed E-state index contributed by atoms with van der Waals surface area (Å²) in [6, 6.07) is 5.03. The fourth-order valence-corrected chi connectivity index (χ4v) is 1.18. The number of amides is 1. The second-order valence-electron chi connectivity index (χ2n) is 3.28. The number of carbonyl (C=O) groups excluding carboxylic acids is 2. The molecule has 0 atom stereocenters. The van der Waals surface area contributed by atoms with E-state index >= 15 is 0 Å². The van der Waals surface area contributed by atoms with Crippen LogP contribution in [0.15, 0.2) is 18.2 Å². The van der Waals surface area contributed by atoms with Gasteiger partial charge in [0.05, 0.1) is 13.7 Å². The Bertz CT molecular complexity index is 483. The molecule has 17 heavy (non-hydrogen) atoms. The molecule has 1 aromatic carbocycles. The van der Waals surface area contributed by atoms with E-state index in [4.69, 9.17) is 4.74 Å². The van der Waals surface area contributed by atoms with Crippen LogP contribution >= 0.6 is 0 Å². The van der Waals surface area contributed by atoms with E-state index in [2.05, 4.69) is 17.2 Å². The van der Waals surface area contributed by atoms with Gasteiger partial charge in [-0.15, -0.1) is 0 Å². The summed E-state index contributed by atoms with van der Waals surface area (Å²) in [5.74, 6) is 6.08. The summed E-state index contributed by atoms with van der Waals surface area (Å²) in [4.78, 5) is 21.4. The van der Waals surface area contributed by atoms with Crippen LogP contribution in [0.5, 0.6) is 5.75 Å². The van der Waals surface area contributed by atoms with E-state index in [1.807, 2.05) is 0 Å². The zero-order valence-corrected chi connectivity index (χ0v) is 9.74. The van der Waals surface area contributed by atoms with E-state index in [1.54, 1.807) is 25.3 Å². The van der Waals surface area contributed by atoms with Crippen LogP contribution in [-0.4, -0.2) is 25.8 Å². The molecular formula is C13H13NO3. The molecule has 1 amide bonds. The first-order chi connectivity index (χ1) is 8.17. The maximum Gasteiger partial charge on any atom is 0.217 e. The van der Waals surface area contributed by atoms with E-state index in [0.717, 1.165) is 6.29 Å². The third kappa shape index (κ3) is 3.99. The van der Waals surface area contributed by atoms with Crippen LogP contribution in [0.2, 0.25) is 0 Å². The highest BCUT2D eigenvalue weighted by atomic mass is 16.5. The molecule has 0 heterocycles. The van der Waals surface area contributed by atoms with Crippen molar-refractivity contribution in [3.63, 3.8) is 0 Å². The van der Waals surface area contributed by atoms with Crippen LogP contribution in [0.3, 0.4) is 0 Å². The average molecular weight is 231 g/mol. The highest BCUT2D eigenvalue weighted by Crippen LogP contribution is 2.15. The molecule has 1 rings (SSSR count). The Morgan fingerprint density at radius 2 is 2.29 bits per heavy atom. The lowest BCUT2D eigenvalue weighted by Crippen LogP contribution is -2.19. The molecule has 0 unspecified atom stereocenters. The molecule has 88 valence electrons. The molecule has 0 fully saturated rings. The number of aldehydes is 1. The van der Waals surface area contributed by atoms with Gasteiger partial charge in [0.15, 0.2) is 6.29 Å². The summed E-state index contributed by atoms with van der Waals surface area (Å²) in [5, 5.41) is 2.55. The predicted octanol–water partition coefficient (Wildman–Crippen LogP) is 0.995. The molecule has 0 radical (unpaired) electrons. The molecule has 0 saturated carbocycles. The standard InChI is InChI=1S/C13H13NO3/c1-10(16)14-7-3-4-11-8-13(17-2)6-5-12(11)9-15/h5-6,8-9H,7H2,1-2H3,(H,14,16). The first kappa shape index (κ1) is 12.8. The quantitative estimate of drug-likeness (QED) is 0.623. The summed E-state index contributed by atoms with van der Waals surface area (Å²) in [5.41, 5.74) is 1.09. The van der Waals surface area contributed by atoms with Crippen molar-refractivity contribution in [2.45, 2.75) is 6.92 Å². The monoisotopic (exact) mass is 231 g/mol. The van der Waals surface area contributed by atoms with Crippen LogP contribution in [0.4, 0.5) is 0 Å². The summed E-state index contributed by atoms with van der Waals surface area (Å²) in [6.45, 7) is 1.68. The third-order valence-corrected chi connectivity index (χ3v) is 2.04. The average Bonchev–Trinajstić information content (AvgIpc) is 2.34. The van der Waals surface area contributed by atoms with Crippen molar-refractivity contribution in [2.24, 2.45) is 0 Å². The number of carbonyl (C=O) groups is 2. The number of hydrogen-bond acceptors (Lipinski definition) is 3. The Balaban J connectivity index is 2.87. The Morgan fingerprint density at radius 1 is 1.53 bits per heavy atom. The van der Waals surface area contributed by atoms with Crippen molar-refractivity contribution in [1.29, 1.82) is 0 Å². The number of nitrogens with one attached hydrogen (secondary N) is 1. The minimum Gasteiger partial charge on any atom is -0.497 e. The van der Waals surface area contributed by atoms with Gasteiger partial charge in [-0.05, 0) is 18.2 Å². The number of rotatable bonds is 3. The minimum absolute atomic E-state index is 0.138. The van der Waals surface area contributed by atoms with Crippen molar-refractivity contribution < 1.29 is 14.3 Å². The van der Waals surface area contributed by atoms with Gasteiger partial charge in [0.25, 0.3) is 0 Å². The molecule has 4 heteroatoms. The molecular weight excluding hydrogens is 218 g/mol. The Kier molecular flexibility index (Phi) is 4.77. The molecule has 0 saturated heterocycles. The molecule has 0 aromatic heterocycles. The van der Waals surface area contributed by atoms with Crippen LogP contribution in [0.25, 0.3) is 0 Å². The summed E-state index contributed by atoms with van der Waals surface area (Å²) < 4.78 is 5.05. The van der Waals surface area contributed by atoms with Crippen LogP contribution in [0, 0.1) is 11.8 Å². The van der Waals surface area contributed by atoms with Crippen LogP contribution in [0.1, 0.15) is 22.8 Å². The summed E-state index contributed by atoms with van der Waals surface area (Å²) in [7, 11) is 1.55. The normalized spacial score (nSPS) is 8.82. The Morgan fingerprint density at radius 3 is 2.88 bits per heavy atom. The lowest BCUT2D eigenvalue weighted by atomic mass is 10.1. The van der Waals surface area contributed by atoms with Gasteiger partial charge in [0, 0.05) is 18.1 Å². The number of methoxy groups -OCH3 is 1. The molecule has 0 aliphatic heterocycles. The molecule has 0 aliphatic rings. The van der Waals surface area contributed by atoms with Gasteiger partial charge < -0.3 is 10.1 Å². The molecule has 0 bridgehead atoms. The predicted molar refractivity (Wildman–Crippen MR) is 63.9 cm³/mol. The minimum atomic E-state index is -0.138. The van der Waals surface area contributed by atoms with E-state index in [9.17, 15) is 9.59 Å². The zero-order valence-electron chi connectivity index (χ0n) is 9.74. The van der Waals surface area contributed by atoms with Crippen molar-refractivity contribution in [2.75, 3.05) is 13.7 Å². The first-order valence-corrected chi connectivity index (χ1v) is 5.04. The van der Waals surface area contributed by atoms with Crippen molar-refractivity contribution in [3.05, 3.63) is 29.3 Å². The molecule has 1 N–H and O–H groups in total. The number of hydrogen-bond donors (Lipinski definition) is 1. The Hall–Kier alpha value is -2.28. The van der Waals surface area contributed by atoms with Gasteiger partial charge in [-0.3, -0.25) is 9.59 Å². The Labute approximate surface area is 100.0 Å². The maximum atomic E-state index is 10.8. The SMILES string of the molecule is COc1ccc(C=O)c(C#CCNC(C)=O)c1. The van der Waals surface area contributed by atoms with E-state index < -0.39 is 0 Å². The summed E-state index contributed by atoms with van der Waals surface area (Å²) in [6.07, 6.45) is 0.738. The topological polar surface area (TPSA) is 55.4 Å². The summed E-state index contributed by atoms with van der Waals surface area (Å²) >= 11 is 0. The van der Waals surface area contributed by atoms with E-state index in [0.29, 0.717) is 16.9 Å². The van der Waals surface area contributed by atoms with Gasteiger partial charge in [0.2, 0.25) is 5.91 Å². The van der Waals surface area contributed by atoms with Gasteiger partial charge >= 0.3 is 0 Å². The second kappa shape index (κ2) is 6.33.